The van der Waals surface area contributed by atoms with Crippen molar-refractivity contribution in [3.8, 4) is 0 Å². The van der Waals surface area contributed by atoms with E-state index in [-0.39, 0.29) is 0 Å². The summed E-state index contributed by atoms with van der Waals surface area (Å²) in [6, 6.07) is 0. The van der Waals surface area contributed by atoms with Gasteiger partial charge in [-0.1, -0.05) is 6.58 Å². The van der Waals surface area contributed by atoms with E-state index in [1.165, 1.54) is 0 Å². The maximum absolute atomic E-state index is 6.15. The maximum atomic E-state index is 6.15. The van der Waals surface area contributed by atoms with Crippen molar-refractivity contribution in [1.82, 2.24) is 0 Å². The minimum absolute atomic E-state index is 1.01. The fourth-order valence-corrected chi connectivity index (χ4v) is 0. The molecule has 4 heavy (non-hydrogen) atoms. The molecule has 0 unspecified atom stereocenters. The Morgan fingerprint density at radius 3 is 2.25 bits per heavy atom. The van der Waals surface area contributed by atoms with Crippen molar-refractivity contribution >= 4 is 0 Å². The van der Waals surface area contributed by atoms with E-state index in [0.717, 1.165) is 6.08 Å². The highest BCUT2D eigenvalue weighted by Gasteiger charge is 1.27. The standard InChI is InChI=1S/C4H3/c1-3-4-2/h4H,1H2. The molecule has 19 valence electrons. The molecular weight excluding hydrogens is 48.0 g/mol. The van der Waals surface area contributed by atoms with Crippen LogP contribution in [0.15, 0.2) is 18.4 Å². The molecule has 0 aromatic heterocycles. The molecule has 0 bridgehead atoms. The molecule has 0 aliphatic carbocycles. The first-order valence-electron chi connectivity index (χ1n) is 0.931. The van der Waals surface area contributed by atoms with Gasteiger partial charge in [0.2, 0.25) is 0 Å². The van der Waals surface area contributed by atoms with Crippen LogP contribution in [0.3, 0.4) is 0 Å². The first kappa shape index (κ1) is 3.52. The smallest absolute Gasteiger partial charge is 0.0304 e. The van der Waals surface area contributed by atoms with Gasteiger partial charge in [0.15, 0.2) is 0 Å². The molecule has 0 aliphatic heterocycles. The summed E-state index contributed by atoms with van der Waals surface area (Å²) in [7, 11) is 0. The molecule has 0 aliphatic rings. The second-order valence-electron chi connectivity index (χ2n) is 0.348. The van der Waals surface area contributed by atoms with Gasteiger partial charge >= 0.3 is 0 Å². The van der Waals surface area contributed by atoms with Crippen molar-refractivity contribution < 1.29 is 0 Å². The average molecular weight is 51.1 g/mol. The summed E-state index contributed by atoms with van der Waals surface area (Å²) in [6.07, 6.45) is 1.01. The zero-order valence-electron chi connectivity index (χ0n) is 2.28. The van der Waals surface area contributed by atoms with Gasteiger partial charge in [0, 0.05) is 6.92 Å². The Hall–Kier alpha value is -0.480. The molecule has 3 radical (unpaired) electrons. The second kappa shape index (κ2) is 2.52. The first-order valence-corrected chi connectivity index (χ1v) is 0.931. The molecular formula is C4H3. The van der Waals surface area contributed by atoms with Gasteiger partial charge < -0.3 is 0 Å². The molecule has 0 rings (SSSR count). The van der Waals surface area contributed by atoms with Crippen LogP contribution in [-0.2, 0) is 0 Å². The van der Waals surface area contributed by atoms with Crippen LogP contribution in [0.2, 0.25) is 0 Å². The Bertz CT molecular complexity index is 38.0. The van der Waals surface area contributed by atoms with Crippen LogP contribution in [0.4, 0.5) is 0 Å². The first-order chi connectivity index (χ1) is 1.91. The minimum Gasteiger partial charge on any atom is -0.132 e. The van der Waals surface area contributed by atoms with E-state index < -0.39 is 0 Å². The molecule has 0 aromatic carbocycles. The largest absolute Gasteiger partial charge is 0.132 e. The van der Waals surface area contributed by atoms with Crippen molar-refractivity contribution in [2.24, 2.45) is 0 Å². The average Bonchev–Trinajstić information content (AvgIpc) is 1.37. The molecule has 0 aromatic rings. The monoisotopic (exact) mass is 51.0 g/mol. The second-order valence-corrected chi connectivity index (χ2v) is 0.348. The highest BCUT2D eigenvalue weighted by Crippen LogP contribution is 1.45. The van der Waals surface area contributed by atoms with Gasteiger partial charge in [-0.05, 0) is 6.08 Å². The summed E-state index contributed by atoms with van der Waals surface area (Å²) < 4.78 is 0. The van der Waals surface area contributed by atoms with Gasteiger partial charge in [0.1, 0.15) is 0 Å². The van der Waals surface area contributed by atoms with E-state index in [1.807, 2.05) is 0 Å². The summed E-state index contributed by atoms with van der Waals surface area (Å²) in [5.74, 6) is 0. The van der Waals surface area contributed by atoms with Gasteiger partial charge in [-0.2, -0.15) is 0 Å². The summed E-state index contributed by atoms with van der Waals surface area (Å²) in [6.45, 7) is 9.26. The third kappa shape index (κ3) is 1.52. The lowest BCUT2D eigenvalue weighted by Gasteiger charge is -1.35. The van der Waals surface area contributed by atoms with Crippen molar-refractivity contribution in [2.45, 2.75) is 0 Å². The Balaban J connectivity index is 3.11. The fourth-order valence-electron chi connectivity index (χ4n) is 0. The predicted octanol–water partition coefficient (Wildman–Crippen LogP) is 0.916. The quantitative estimate of drug-likeness (QED) is 0.359. The molecule has 0 amide bonds. The normalized spacial score (nSPS) is 4.25. The zero-order valence-corrected chi connectivity index (χ0v) is 2.28. The van der Waals surface area contributed by atoms with Crippen molar-refractivity contribution in [1.29, 1.82) is 0 Å². The predicted molar refractivity (Wildman–Crippen MR) is 17.0 cm³/mol. The van der Waals surface area contributed by atoms with Crippen LogP contribution >= 0.6 is 0 Å². The number of allylic oxidation sites excluding steroid dienone is 1. The lowest BCUT2D eigenvalue weighted by molar-refractivity contribution is 2.13. The van der Waals surface area contributed by atoms with E-state index in [2.05, 4.69) is 12.3 Å². The third-order valence-corrected chi connectivity index (χ3v) is 0.102. The molecule has 0 saturated carbocycles. The number of hydrogen-bond acceptors (Lipinski definition) is 0. The van der Waals surface area contributed by atoms with Crippen molar-refractivity contribution in [3.63, 3.8) is 0 Å². The topological polar surface area (TPSA) is 0 Å². The molecule has 0 spiro atoms. The SMILES string of the molecule is [C]C=C=C. The molecule has 0 atom stereocenters. The molecule has 0 heterocycles. The number of rotatable bonds is 0. The maximum Gasteiger partial charge on any atom is 0.0304 e. The third-order valence-electron chi connectivity index (χ3n) is 0.102. The molecule has 0 nitrogen and oxygen atoms in total. The van der Waals surface area contributed by atoms with Crippen molar-refractivity contribution in [3.05, 3.63) is 25.3 Å². The van der Waals surface area contributed by atoms with E-state index in [1.54, 1.807) is 0 Å². The Kier molecular flexibility index (Phi) is 2.22. The highest BCUT2D eigenvalue weighted by molar-refractivity contribution is 4.76. The summed E-state index contributed by atoms with van der Waals surface area (Å²) in [4.78, 5) is 0. The highest BCUT2D eigenvalue weighted by atomic mass is 13.3. The van der Waals surface area contributed by atoms with Gasteiger partial charge in [-0.25, -0.2) is 0 Å². The fraction of sp³-hybridized carbons (Fsp3) is 0. The summed E-state index contributed by atoms with van der Waals surface area (Å²) >= 11 is 0. The zero-order chi connectivity index (χ0) is 3.41. The van der Waals surface area contributed by atoms with Gasteiger partial charge in [-0.15, -0.1) is 5.73 Å². The van der Waals surface area contributed by atoms with Crippen LogP contribution in [-0.4, -0.2) is 0 Å². The Labute approximate surface area is 26.5 Å². The molecule has 0 saturated heterocycles. The molecule has 0 N–H and O–H groups in total. The van der Waals surface area contributed by atoms with E-state index in [0.29, 0.717) is 0 Å². The van der Waals surface area contributed by atoms with Crippen LogP contribution in [0, 0.1) is 6.92 Å². The van der Waals surface area contributed by atoms with Crippen LogP contribution in [0.25, 0.3) is 0 Å². The van der Waals surface area contributed by atoms with Crippen LogP contribution in [0.5, 0.6) is 0 Å². The van der Waals surface area contributed by atoms with E-state index >= 15 is 0 Å². The van der Waals surface area contributed by atoms with Gasteiger partial charge in [0.25, 0.3) is 0 Å². The van der Waals surface area contributed by atoms with E-state index in [4.69, 9.17) is 6.92 Å². The molecule has 0 heteroatoms. The van der Waals surface area contributed by atoms with Crippen LogP contribution < -0.4 is 0 Å². The van der Waals surface area contributed by atoms with Gasteiger partial charge in [0.05, 0.1) is 0 Å². The Morgan fingerprint density at radius 2 is 2.25 bits per heavy atom. The Morgan fingerprint density at radius 1 is 2.00 bits per heavy atom. The number of hydrogen-bond donors (Lipinski definition) is 0. The summed E-state index contributed by atoms with van der Waals surface area (Å²) in [5.41, 5.74) is 2.22. The lowest BCUT2D eigenvalue weighted by atomic mass is 10.7. The van der Waals surface area contributed by atoms with E-state index in [9.17, 15) is 0 Å². The van der Waals surface area contributed by atoms with Crippen molar-refractivity contribution in [2.75, 3.05) is 0 Å². The lowest BCUT2D eigenvalue weighted by Crippen LogP contribution is -1.17. The minimum atomic E-state index is 1.01. The molecule has 0 fully saturated rings. The van der Waals surface area contributed by atoms with Crippen LogP contribution in [0.1, 0.15) is 0 Å². The summed E-state index contributed by atoms with van der Waals surface area (Å²) in [5, 5.41) is 0. The van der Waals surface area contributed by atoms with Gasteiger partial charge in [-0.3, -0.25) is 0 Å².